The Morgan fingerprint density at radius 1 is 1.27 bits per heavy atom. The molecule has 0 aliphatic carbocycles. The van der Waals surface area contributed by atoms with Gasteiger partial charge in [-0.05, 0) is 26.5 Å². The first-order valence-electron chi connectivity index (χ1n) is 6.95. The lowest BCUT2D eigenvalue weighted by Gasteiger charge is -2.04. The average Bonchev–Trinajstić information content (AvgIpc) is 3.12. The minimum Gasteiger partial charge on any atom is -0.336 e. The zero-order chi connectivity index (χ0) is 14.8. The van der Waals surface area contributed by atoms with Crippen molar-refractivity contribution in [2.45, 2.75) is 32.7 Å². The molecular formula is C14H18ClN5O2. The Labute approximate surface area is 133 Å². The molecule has 1 atom stereocenters. The van der Waals surface area contributed by atoms with Crippen molar-refractivity contribution in [2.75, 3.05) is 7.05 Å². The number of fused-ring (bicyclic) bond motifs is 1. The summed E-state index contributed by atoms with van der Waals surface area (Å²) in [6.45, 7) is 4.09. The largest absolute Gasteiger partial charge is 0.336 e. The maximum atomic E-state index is 5.32. The third-order valence-electron chi connectivity index (χ3n) is 3.44. The molecule has 0 radical (unpaired) electrons. The van der Waals surface area contributed by atoms with Crippen LogP contribution in [0.1, 0.15) is 25.4 Å². The number of likely N-dealkylation sites (N-methyl/N-ethyl adjacent to an activating group) is 1. The van der Waals surface area contributed by atoms with E-state index in [1.165, 1.54) is 0 Å². The van der Waals surface area contributed by atoms with E-state index in [-0.39, 0.29) is 12.4 Å². The topological polar surface area (TPSA) is 89.9 Å². The molecule has 0 amide bonds. The van der Waals surface area contributed by atoms with E-state index in [0.29, 0.717) is 29.9 Å². The van der Waals surface area contributed by atoms with Crippen molar-refractivity contribution >= 4 is 23.5 Å². The summed E-state index contributed by atoms with van der Waals surface area (Å²) in [7, 11) is 1.90. The van der Waals surface area contributed by atoms with Gasteiger partial charge in [0, 0.05) is 18.7 Å². The van der Waals surface area contributed by atoms with Crippen LogP contribution in [0, 0.1) is 0 Å². The maximum absolute atomic E-state index is 5.32. The molecule has 3 aromatic heterocycles. The molecule has 8 heteroatoms. The van der Waals surface area contributed by atoms with Crippen LogP contribution < -0.4 is 5.32 Å². The molecule has 0 fully saturated rings. The third kappa shape index (κ3) is 3.10. The van der Waals surface area contributed by atoms with Crippen LogP contribution in [0.3, 0.4) is 0 Å². The number of aryl methyl sites for hydroxylation is 1. The van der Waals surface area contributed by atoms with Gasteiger partial charge >= 0.3 is 0 Å². The molecule has 1 N–H and O–H groups in total. The smallest absolute Gasteiger partial charge is 0.259 e. The summed E-state index contributed by atoms with van der Waals surface area (Å²) in [5.41, 5.74) is 2.18. The maximum Gasteiger partial charge on any atom is 0.259 e. The SMILES string of the molecule is CCc1noc2ncc(-c3nc(CC(C)NC)no3)cc12.Cl. The lowest BCUT2D eigenvalue weighted by Crippen LogP contribution is -2.24. The second-order valence-electron chi connectivity index (χ2n) is 4.97. The van der Waals surface area contributed by atoms with E-state index < -0.39 is 0 Å². The second-order valence-corrected chi connectivity index (χ2v) is 4.97. The molecule has 0 bridgehead atoms. The second kappa shape index (κ2) is 6.85. The van der Waals surface area contributed by atoms with Gasteiger partial charge in [-0.15, -0.1) is 12.4 Å². The van der Waals surface area contributed by atoms with Crippen molar-refractivity contribution in [3.63, 3.8) is 0 Å². The molecule has 0 aromatic carbocycles. The molecule has 0 aliphatic heterocycles. The van der Waals surface area contributed by atoms with Gasteiger partial charge in [-0.25, -0.2) is 4.98 Å². The standard InChI is InChI=1S/C14H17N5O2.ClH/c1-4-11-10-6-9(7-16-14(10)21-18-11)13-17-12(19-20-13)5-8(2)15-3;/h6-8,15H,4-5H2,1-3H3;1H. The number of rotatable bonds is 5. The van der Waals surface area contributed by atoms with Crippen molar-refractivity contribution in [3.05, 3.63) is 23.8 Å². The summed E-state index contributed by atoms with van der Waals surface area (Å²) in [5, 5.41) is 12.0. The van der Waals surface area contributed by atoms with Crippen LogP contribution >= 0.6 is 12.4 Å². The highest BCUT2D eigenvalue weighted by molar-refractivity contribution is 5.85. The summed E-state index contributed by atoms with van der Waals surface area (Å²) in [5.74, 6) is 1.14. The van der Waals surface area contributed by atoms with Gasteiger partial charge < -0.3 is 14.4 Å². The number of nitrogens with one attached hydrogen (secondary N) is 1. The van der Waals surface area contributed by atoms with Crippen LogP contribution in [0.5, 0.6) is 0 Å². The fourth-order valence-corrected chi connectivity index (χ4v) is 2.08. The van der Waals surface area contributed by atoms with Crippen molar-refractivity contribution in [2.24, 2.45) is 0 Å². The van der Waals surface area contributed by atoms with Gasteiger partial charge in [-0.1, -0.05) is 17.2 Å². The molecule has 118 valence electrons. The Balaban J connectivity index is 0.00000176. The Morgan fingerprint density at radius 2 is 2.09 bits per heavy atom. The first-order valence-corrected chi connectivity index (χ1v) is 6.95. The molecule has 0 saturated carbocycles. The van der Waals surface area contributed by atoms with E-state index in [4.69, 9.17) is 9.05 Å². The first-order chi connectivity index (χ1) is 10.2. The van der Waals surface area contributed by atoms with Gasteiger partial charge in [-0.2, -0.15) is 4.98 Å². The quantitative estimate of drug-likeness (QED) is 0.771. The minimum absolute atomic E-state index is 0. The fourth-order valence-electron chi connectivity index (χ4n) is 2.08. The fraction of sp³-hybridized carbons (Fsp3) is 0.429. The van der Waals surface area contributed by atoms with Crippen LogP contribution in [0.15, 0.2) is 21.3 Å². The van der Waals surface area contributed by atoms with Crippen molar-refractivity contribution in [1.82, 2.24) is 25.6 Å². The molecule has 0 saturated heterocycles. The van der Waals surface area contributed by atoms with Gasteiger partial charge in [0.1, 0.15) is 0 Å². The zero-order valence-corrected chi connectivity index (χ0v) is 13.5. The predicted octanol–water partition coefficient (Wildman–Crippen LogP) is 2.41. The van der Waals surface area contributed by atoms with E-state index in [2.05, 4.69) is 32.5 Å². The highest BCUT2D eigenvalue weighted by Gasteiger charge is 2.14. The number of halogens is 1. The Hall–Kier alpha value is -1.99. The molecule has 3 heterocycles. The molecule has 0 aliphatic rings. The normalized spacial score (nSPS) is 12.3. The van der Waals surface area contributed by atoms with E-state index in [0.717, 1.165) is 23.1 Å². The number of hydrogen-bond acceptors (Lipinski definition) is 7. The minimum atomic E-state index is 0. The summed E-state index contributed by atoms with van der Waals surface area (Å²) in [4.78, 5) is 8.65. The summed E-state index contributed by atoms with van der Waals surface area (Å²) >= 11 is 0. The molecule has 0 spiro atoms. The number of aromatic nitrogens is 4. The Morgan fingerprint density at radius 3 is 2.82 bits per heavy atom. The van der Waals surface area contributed by atoms with Gasteiger partial charge in [-0.3, -0.25) is 0 Å². The predicted molar refractivity (Wildman–Crippen MR) is 83.9 cm³/mol. The van der Waals surface area contributed by atoms with Crippen LogP contribution in [0.2, 0.25) is 0 Å². The van der Waals surface area contributed by atoms with E-state index in [1.807, 2.05) is 20.0 Å². The Bertz CT molecular complexity index is 755. The zero-order valence-electron chi connectivity index (χ0n) is 12.7. The Kier molecular flexibility index (Phi) is 5.10. The van der Waals surface area contributed by atoms with E-state index >= 15 is 0 Å². The molecular weight excluding hydrogens is 306 g/mol. The van der Waals surface area contributed by atoms with Crippen molar-refractivity contribution < 1.29 is 9.05 Å². The van der Waals surface area contributed by atoms with Gasteiger partial charge in [0.15, 0.2) is 5.82 Å². The highest BCUT2D eigenvalue weighted by Crippen LogP contribution is 2.24. The van der Waals surface area contributed by atoms with E-state index in [9.17, 15) is 0 Å². The van der Waals surface area contributed by atoms with Crippen LogP contribution in [0.4, 0.5) is 0 Å². The lowest BCUT2D eigenvalue weighted by molar-refractivity contribution is 0.418. The average molecular weight is 324 g/mol. The van der Waals surface area contributed by atoms with Gasteiger partial charge in [0.25, 0.3) is 11.6 Å². The molecule has 1 unspecified atom stereocenters. The first kappa shape index (κ1) is 16.4. The molecule has 22 heavy (non-hydrogen) atoms. The number of hydrogen-bond donors (Lipinski definition) is 1. The molecule has 3 rings (SSSR count). The highest BCUT2D eigenvalue weighted by atomic mass is 35.5. The third-order valence-corrected chi connectivity index (χ3v) is 3.44. The monoisotopic (exact) mass is 323 g/mol. The van der Waals surface area contributed by atoms with Crippen LogP contribution in [-0.4, -0.2) is 33.4 Å². The summed E-state index contributed by atoms with van der Waals surface area (Å²) in [6, 6.07) is 2.22. The van der Waals surface area contributed by atoms with E-state index in [1.54, 1.807) is 6.20 Å². The van der Waals surface area contributed by atoms with Gasteiger partial charge in [0.2, 0.25) is 0 Å². The lowest BCUT2D eigenvalue weighted by atomic mass is 10.2. The molecule has 3 aromatic rings. The number of nitrogens with zero attached hydrogens (tertiary/aromatic N) is 4. The molecule has 7 nitrogen and oxygen atoms in total. The van der Waals surface area contributed by atoms with Crippen LogP contribution in [-0.2, 0) is 12.8 Å². The number of pyridine rings is 1. The summed E-state index contributed by atoms with van der Waals surface area (Å²) < 4.78 is 10.5. The summed E-state index contributed by atoms with van der Waals surface area (Å²) in [6.07, 6.45) is 3.15. The van der Waals surface area contributed by atoms with Crippen LogP contribution in [0.25, 0.3) is 22.6 Å². The van der Waals surface area contributed by atoms with Crippen molar-refractivity contribution in [1.29, 1.82) is 0 Å². The van der Waals surface area contributed by atoms with Gasteiger partial charge in [0.05, 0.1) is 16.6 Å². The van der Waals surface area contributed by atoms with Crippen molar-refractivity contribution in [3.8, 4) is 11.5 Å².